The van der Waals surface area contributed by atoms with Crippen molar-refractivity contribution < 1.29 is 17.1 Å². The van der Waals surface area contributed by atoms with E-state index >= 15 is 0 Å². The summed E-state index contributed by atoms with van der Waals surface area (Å²) in [4.78, 5) is 38.9. The quantitative estimate of drug-likeness (QED) is 0.136. The van der Waals surface area contributed by atoms with Crippen LogP contribution in [0.2, 0.25) is 0 Å². The number of nitrogen functional groups attached to an aromatic ring is 4. The maximum atomic E-state index is 6.47. The molecule has 12 nitrogen and oxygen atoms in total. The third-order valence-corrected chi connectivity index (χ3v) is 7.94. The van der Waals surface area contributed by atoms with Crippen LogP contribution in [0.25, 0.3) is 89.7 Å². The third-order valence-electron chi connectivity index (χ3n) is 7.94. The van der Waals surface area contributed by atoms with Crippen LogP contribution in [-0.4, -0.2) is 29.9 Å². The summed E-state index contributed by atoms with van der Waals surface area (Å²) < 4.78 is 0. The summed E-state index contributed by atoms with van der Waals surface area (Å²) in [6.07, 6.45) is 0. The Hall–Kier alpha value is -6.04. The molecule has 4 aromatic carbocycles. The van der Waals surface area contributed by atoms with E-state index in [-0.39, 0.29) is 17.1 Å². The zero-order chi connectivity index (χ0) is 29.7. The fourth-order valence-corrected chi connectivity index (χ4v) is 5.96. The van der Waals surface area contributed by atoms with Gasteiger partial charge in [0.2, 0.25) is 0 Å². The van der Waals surface area contributed by atoms with Crippen LogP contribution in [0.3, 0.4) is 0 Å². The van der Waals surface area contributed by atoms with Crippen LogP contribution in [0.4, 0.5) is 22.7 Å². The van der Waals surface area contributed by atoms with Crippen molar-refractivity contribution in [2.75, 3.05) is 22.9 Å². The third kappa shape index (κ3) is 3.78. The Bertz CT molecular complexity index is 2390. The Labute approximate surface area is 264 Å². The largest absolute Gasteiger partial charge is 2.00 e. The van der Waals surface area contributed by atoms with Gasteiger partial charge in [0.1, 0.15) is 0 Å². The van der Waals surface area contributed by atoms with Crippen LogP contribution in [0, 0.1) is 0 Å². The maximum Gasteiger partial charge on any atom is 2.00 e. The average Bonchev–Trinajstić information content (AvgIpc) is 3.74. The molecule has 3 aromatic heterocycles. The molecule has 7 aromatic rings. The number of hydrogen-bond donors (Lipinski definition) is 4. The summed E-state index contributed by atoms with van der Waals surface area (Å²) in [5, 5.41) is 2.70. The van der Waals surface area contributed by atoms with Gasteiger partial charge in [-0.15, -0.1) is 0 Å². The van der Waals surface area contributed by atoms with Gasteiger partial charge in [-0.05, 0) is 35.0 Å². The first kappa shape index (κ1) is 26.6. The number of hydrogen-bond acceptors (Lipinski definition) is 10. The van der Waals surface area contributed by atoms with Crippen LogP contribution in [0.15, 0.2) is 72.8 Å². The SMILES string of the molecule is Nc1cccc2c1-c1nc-2nc2[n-]c(nc3nc(nc4[n-]c(n1)c1cccc(N)c41)-c1cccc(N)c1-3)c1cccc(N)c21.[Mn+2]. The van der Waals surface area contributed by atoms with Gasteiger partial charge in [-0.2, -0.15) is 0 Å². The monoisotopic (exact) mass is 627 g/mol. The smallest absolute Gasteiger partial charge is 0.398 e. The van der Waals surface area contributed by atoms with Crippen LogP contribution in [-0.2, 0) is 17.1 Å². The van der Waals surface area contributed by atoms with Crippen LogP contribution in [0.1, 0.15) is 0 Å². The number of benzene rings is 4. The van der Waals surface area contributed by atoms with Crippen LogP contribution < -0.4 is 32.9 Å². The van der Waals surface area contributed by atoms with Gasteiger partial charge in [0.05, 0.1) is 23.3 Å². The van der Waals surface area contributed by atoms with Gasteiger partial charge in [0.15, 0.2) is 0 Å². The average molecular weight is 628 g/mol. The van der Waals surface area contributed by atoms with E-state index in [0.29, 0.717) is 112 Å². The summed E-state index contributed by atoms with van der Waals surface area (Å²) in [7, 11) is 0. The van der Waals surface area contributed by atoms with Crippen molar-refractivity contribution in [2.24, 2.45) is 0 Å². The number of nitrogens with two attached hydrogens (primary N) is 4. The fraction of sp³-hybridized carbons (Fsp3) is 0. The van der Waals surface area contributed by atoms with E-state index < -0.39 is 0 Å². The molecule has 0 amide bonds. The Morgan fingerprint density at radius 1 is 0.400 bits per heavy atom. The molecule has 2 aliphatic rings. The normalized spacial score (nSPS) is 11.7. The number of nitrogens with zero attached hydrogens (tertiary/aromatic N) is 8. The molecule has 1 radical (unpaired) electrons. The predicted molar refractivity (Wildman–Crippen MR) is 172 cm³/mol. The Morgan fingerprint density at radius 3 is 1.22 bits per heavy atom. The van der Waals surface area contributed by atoms with Gasteiger partial charge < -0.3 is 52.8 Å². The first-order chi connectivity index (χ1) is 21.4. The molecule has 0 aliphatic carbocycles. The summed E-state index contributed by atoms with van der Waals surface area (Å²) >= 11 is 0. The molecule has 0 atom stereocenters. The van der Waals surface area contributed by atoms with E-state index in [4.69, 9.17) is 62.8 Å². The second-order valence-electron chi connectivity index (χ2n) is 10.6. The van der Waals surface area contributed by atoms with Gasteiger partial charge in [-0.25, -0.2) is 9.97 Å². The van der Waals surface area contributed by atoms with Crippen molar-refractivity contribution in [3.05, 3.63) is 72.8 Å². The number of rotatable bonds is 0. The van der Waals surface area contributed by atoms with Crippen molar-refractivity contribution in [1.82, 2.24) is 39.9 Å². The van der Waals surface area contributed by atoms with Gasteiger partial charge in [-0.1, -0.05) is 48.5 Å². The van der Waals surface area contributed by atoms with Crippen molar-refractivity contribution >= 4 is 66.9 Å². The molecule has 8 N–H and O–H groups in total. The Morgan fingerprint density at radius 2 is 0.778 bits per heavy atom. The van der Waals surface area contributed by atoms with Gasteiger partial charge in [-0.3, -0.25) is 0 Å². The molecule has 9 rings (SSSR count). The molecule has 8 bridgehead atoms. The van der Waals surface area contributed by atoms with E-state index in [1.165, 1.54) is 0 Å². The zero-order valence-corrected chi connectivity index (χ0v) is 24.4. The topological polar surface area (TPSA) is 210 Å². The summed E-state index contributed by atoms with van der Waals surface area (Å²) in [6, 6.07) is 22.1. The van der Waals surface area contributed by atoms with Gasteiger partial charge in [0, 0.05) is 78.4 Å². The zero-order valence-electron chi connectivity index (χ0n) is 23.2. The first-order valence-electron chi connectivity index (χ1n) is 13.7. The van der Waals surface area contributed by atoms with Gasteiger partial charge >= 0.3 is 17.1 Å². The Balaban J connectivity index is 0.00000300. The molecule has 0 saturated carbocycles. The molecule has 5 heterocycles. The van der Waals surface area contributed by atoms with E-state index in [1.807, 2.05) is 48.5 Å². The van der Waals surface area contributed by atoms with E-state index in [9.17, 15) is 0 Å². The molecule has 0 unspecified atom stereocenters. The molecule has 13 heteroatoms. The molecule has 0 fully saturated rings. The van der Waals surface area contributed by atoms with Crippen molar-refractivity contribution in [3.8, 4) is 45.6 Å². The number of fused-ring (bicyclic) bond motifs is 20. The summed E-state index contributed by atoms with van der Waals surface area (Å²) in [5.41, 5.74) is 32.1. The van der Waals surface area contributed by atoms with E-state index in [0.717, 1.165) is 0 Å². The number of anilines is 4. The molecule has 2 aliphatic heterocycles. The number of aromatic nitrogens is 8. The minimum absolute atomic E-state index is 0. The summed E-state index contributed by atoms with van der Waals surface area (Å²) in [5.74, 6) is 1.49. The van der Waals surface area contributed by atoms with Crippen LogP contribution in [0.5, 0.6) is 0 Å². The second kappa shape index (κ2) is 9.48. The first-order valence-corrected chi connectivity index (χ1v) is 13.7. The minimum atomic E-state index is 0. The van der Waals surface area contributed by atoms with Crippen LogP contribution >= 0.6 is 0 Å². The molecule has 215 valence electrons. The van der Waals surface area contributed by atoms with Crippen molar-refractivity contribution in [2.45, 2.75) is 0 Å². The predicted octanol–water partition coefficient (Wildman–Crippen LogP) is 4.45. The summed E-state index contributed by atoms with van der Waals surface area (Å²) in [6.45, 7) is 0. The molecule has 0 saturated heterocycles. The molecular weight excluding hydrogens is 607 g/mol. The maximum absolute atomic E-state index is 6.47. The molecule has 0 spiro atoms. The molecular formula is C32H20MnN12. The fourth-order valence-electron chi connectivity index (χ4n) is 5.96. The minimum Gasteiger partial charge on any atom is -0.398 e. The van der Waals surface area contributed by atoms with Gasteiger partial charge in [0.25, 0.3) is 0 Å². The van der Waals surface area contributed by atoms with E-state index in [2.05, 4.69) is 0 Å². The molecule has 45 heavy (non-hydrogen) atoms. The standard InChI is InChI=1S/C32H20N12.Mn/c33-17-9-1-5-13-21(17)29-37-25(13)41-30-22-14(6-2-10-18(22)34)27(38-30)43-32-24-16(8-4-12-20(24)36)28(40-32)44-31-23-15(26(39-31)42-29)7-3-11-19(23)35;/h1-12H,33-36H2;/q-2;+2. The van der Waals surface area contributed by atoms with Crippen molar-refractivity contribution in [1.29, 1.82) is 0 Å². The Kier molecular flexibility index (Phi) is 5.60. The second-order valence-corrected chi connectivity index (χ2v) is 10.6. The van der Waals surface area contributed by atoms with Crippen molar-refractivity contribution in [3.63, 3.8) is 0 Å². The van der Waals surface area contributed by atoms with E-state index in [1.54, 1.807) is 24.3 Å².